The molecule has 0 unspecified atom stereocenters. The van der Waals surface area contributed by atoms with E-state index in [1.807, 2.05) is 79.1 Å². The second kappa shape index (κ2) is 13.5. The first kappa shape index (κ1) is 28.5. The normalized spacial score (nSPS) is 18.8. The van der Waals surface area contributed by atoms with Crippen molar-refractivity contribution in [3.05, 3.63) is 95.8 Å². The molecule has 5 rings (SSSR count). The van der Waals surface area contributed by atoms with Crippen LogP contribution in [-0.2, 0) is 32.2 Å². The van der Waals surface area contributed by atoms with Crippen molar-refractivity contribution in [3.8, 4) is 0 Å². The zero-order chi connectivity index (χ0) is 28.6. The molecule has 9 heteroatoms. The Hall–Kier alpha value is -4.05. The number of imidazole rings is 1. The quantitative estimate of drug-likeness (QED) is 0.190. The average Bonchev–Trinajstić information content (AvgIpc) is 3.39. The van der Waals surface area contributed by atoms with E-state index in [0.717, 1.165) is 27.7 Å². The molecular weight excluding hydrogens is 522 g/mol. The molecule has 1 aromatic heterocycles. The van der Waals surface area contributed by atoms with Crippen LogP contribution >= 0.6 is 0 Å². The molecule has 0 radical (unpaired) electrons. The fourth-order valence-electron chi connectivity index (χ4n) is 5.13. The number of aromatic nitrogens is 2. The van der Waals surface area contributed by atoms with Crippen LogP contribution in [0, 0.1) is 0 Å². The maximum atomic E-state index is 12.5. The van der Waals surface area contributed by atoms with Crippen molar-refractivity contribution in [2.45, 2.75) is 70.2 Å². The average molecular weight is 558 g/mol. The number of carbonyl (C=O) groups excluding carboxylic acids is 1. The molecule has 4 aromatic rings. The fraction of sp³-hybridized carbons (Fsp3) is 0.344. The Bertz CT molecular complexity index is 1470. The van der Waals surface area contributed by atoms with Gasteiger partial charge in [0.2, 0.25) is 5.91 Å². The molecule has 1 aliphatic rings. The smallest absolute Gasteiger partial charge is 0.303 e. The highest BCUT2D eigenvalue weighted by molar-refractivity contribution is 5.90. The van der Waals surface area contributed by atoms with Crippen LogP contribution in [0.4, 0.5) is 5.69 Å². The SMILES string of the molecule is O=C(O)CCCCCC(=O)Nc1cccc([C@@H]2O[C@H](Cn3cnc4ccccc43)C[C@H](c3ccc(CO)cc3)O2)c1. The lowest BCUT2D eigenvalue weighted by molar-refractivity contribution is -0.252. The van der Waals surface area contributed by atoms with E-state index in [1.54, 1.807) is 0 Å². The van der Waals surface area contributed by atoms with E-state index >= 15 is 0 Å². The van der Waals surface area contributed by atoms with Crippen LogP contribution in [0.25, 0.3) is 11.0 Å². The molecule has 41 heavy (non-hydrogen) atoms. The molecule has 214 valence electrons. The number of hydrogen-bond acceptors (Lipinski definition) is 6. The van der Waals surface area contributed by atoms with Gasteiger partial charge >= 0.3 is 5.97 Å². The molecule has 0 aliphatic carbocycles. The van der Waals surface area contributed by atoms with Crippen molar-refractivity contribution in [1.82, 2.24) is 9.55 Å². The summed E-state index contributed by atoms with van der Waals surface area (Å²) in [5, 5.41) is 21.2. The summed E-state index contributed by atoms with van der Waals surface area (Å²) in [5.74, 6) is -0.932. The lowest BCUT2D eigenvalue weighted by Crippen LogP contribution is -2.32. The topological polar surface area (TPSA) is 123 Å². The third-order valence-electron chi connectivity index (χ3n) is 7.28. The van der Waals surface area contributed by atoms with Gasteiger partial charge in [-0.2, -0.15) is 0 Å². The van der Waals surface area contributed by atoms with Crippen LogP contribution in [0.2, 0.25) is 0 Å². The van der Waals surface area contributed by atoms with Crippen LogP contribution < -0.4 is 5.32 Å². The summed E-state index contributed by atoms with van der Waals surface area (Å²) < 4.78 is 15.1. The van der Waals surface area contributed by atoms with Gasteiger partial charge < -0.3 is 29.6 Å². The van der Waals surface area contributed by atoms with E-state index in [-0.39, 0.29) is 31.1 Å². The number of para-hydroxylation sites is 2. The van der Waals surface area contributed by atoms with E-state index in [9.17, 15) is 14.7 Å². The lowest BCUT2D eigenvalue weighted by Gasteiger charge is -2.36. The molecule has 1 fully saturated rings. The van der Waals surface area contributed by atoms with Gasteiger partial charge in [-0.25, -0.2) is 4.98 Å². The molecule has 0 saturated carbocycles. The van der Waals surface area contributed by atoms with Crippen molar-refractivity contribution in [2.24, 2.45) is 0 Å². The van der Waals surface area contributed by atoms with Gasteiger partial charge in [-0.15, -0.1) is 0 Å². The maximum Gasteiger partial charge on any atom is 0.303 e. The third-order valence-corrected chi connectivity index (χ3v) is 7.28. The second-order valence-corrected chi connectivity index (χ2v) is 10.4. The Kier molecular flexibility index (Phi) is 9.40. The summed E-state index contributed by atoms with van der Waals surface area (Å²) in [6, 6.07) is 23.2. The summed E-state index contributed by atoms with van der Waals surface area (Å²) in [5.41, 5.74) is 5.25. The van der Waals surface area contributed by atoms with E-state index in [0.29, 0.717) is 44.3 Å². The van der Waals surface area contributed by atoms with E-state index in [1.165, 1.54) is 0 Å². The highest BCUT2D eigenvalue weighted by Crippen LogP contribution is 2.39. The number of rotatable bonds is 12. The first-order chi connectivity index (χ1) is 20.0. The predicted octanol–water partition coefficient (Wildman–Crippen LogP) is 5.75. The number of carbonyl (C=O) groups is 2. The number of benzene rings is 3. The van der Waals surface area contributed by atoms with Crippen LogP contribution in [-0.4, -0.2) is 37.7 Å². The van der Waals surface area contributed by atoms with Crippen LogP contribution in [0.5, 0.6) is 0 Å². The van der Waals surface area contributed by atoms with Gasteiger partial charge in [0, 0.05) is 30.5 Å². The number of hydrogen-bond donors (Lipinski definition) is 3. The number of nitrogens with zero attached hydrogens (tertiary/aromatic N) is 2. The van der Waals surface area contributed by atoms with Crippen molar-refractivity contribution >= 4 is 28.6 Å². The summed E-state index contributed by atoms with van der Waals surface area (Å²) in [6.45, 7) is 0.582. The molecule has 3 atom stereocenters. The van der Waals surface area contributed by atoms with Crippen molar-refractivity contribution in [1.29, 1.82) is 0 Å². The highest BCUT2D eigenvalue weighted by Gasteiger charge is 2.32. The van der Waals surface area contributed by atoms with Gasteiger partial charge in [0.05, 0.1) is 42.7 Å². The molecule has 0 bridgehead atoms. The monoisotopic (exact) mass is 557 g/mol. The first-order valence-corrected chi connectivity index (χ1v) is 14.0. The Balaban J connectivity index is 1.30. The largest absolute Gasteiger partial charge is 0.481 e. The summed E-state index contributed by atoms with van der Waals surface area (Å²) in [4.78, 5) is 27.7. The number of nitrogens with one attached hydrogen (secondary N) is 1. The minimum absolute atomic E-state index is 0.0191. The number of aliphatic carboxylic acids is 1. The van der Waals surface area contributed by atoms with E-state index in [2.05, 4.69) is 14.9 Å². The molecule has 0 spiro atoms. The summed E-state index contributed by atoms with van der Waals surface area (Å²) in [7, 11) is 0. The molecule has 9 nitrogen and oxygen atoms in total. The van der Waals surface area contributed by atoms with Gasteiger partial charge in [-0.05, 0) is 48.2 Å². The molecular formula is C32H35N3O6. The lowest BCUT2D eigenvalue weighted by atomic mass is 10.00. The Morgan fingerprint density at radius 3 is 2.54 bits per heavy atom. The highest BCUT2D eigenvalue weighted by atomic mass is 16.7. The molecule has 1 amide bonds. The number of carboxylic acids is 1. The zero-order valence-electron chi connectivity index (χ0n) is 22.8. The molecule has 2 heterocycles. The van der Waals surface area contributed by atoms with E-state index < -0.39 is 12.3 Å². The number of aliphatic hydroxyl groups excluding tert-OH is 1. The van der Waals surface area contributed by atoms with Gasteiger partial charge in [-0.1, -0.05) is 55.0 Å². The Labute approximate surface area is 238 Å². The number of amides is 1. The summed E-state index contributed by atoms with van der Waals surface area (Å²) >= 11 is 0. The van der Waals surface area contributed by atoms with Crippen molar-refractivity contribution in [2.75, 3.05) is 5.32 Å². The number of unbranched alkanes of at least 4 members (excludes halogenated alkanes) is 2. The van der Waals surface area contributed by atoms with Gasteiger partial charge in [0.15, 0.2) is 6.29 Å². The molecule has 1 saturated heterocycles. The number of carboxylic acid groups (broad SMARTS) is 1. The minimum Gasteiger partial charge on any atom is -0.481 e. The molecule has 3 aromatic carbocycles. The van der Waals surface area contributed by atoms with Crippen molar-refractivity contribution < 1.29 is 29.3 Å². The zero-order valence-corrected chi connectivity index (χ0v) is 22.8. The number of aliphatic hydroxyl groups is 1. The number of anilines is 1. The number of fused-ring (bicyclic) bond motifs is 1. The predicted molar refractivity (Wildman–Crippen MR) is 154 cm³/mol. The van der Waals surface area contributed by atoms with Gasteiger partial charge in [0.25, 0.3) is 0 Å². The standard InChI is InChI=1S/C32H35N3O6/c36-20-22-13-15-23(16-14-22)29-18-26(19-35-21-33-27-9-4-5-10-28(27)35)40-32(41-29)24-7-6-8-25(17-24)34-30(37)11-2-1-3-12-31(38)39/h4-10,13-17,21,26,29,32,36H,1-3,11-12,18-20H2,(H,34,37)(H,38,39)/t26-,29+,32+/m0/s1. The van der Waals surface area contributed by atoms with Crippen LogP contribution in [0.3, 0.4) is 0 Å². The van der Waals surface area contributed by atoms with Crippen molar-refractivity contribution in [3.63, 3.8) is 0 Å². The van der Waals surface area contributed by atoms with Gasteiger partial charge in [-0.3, -0.25) is 9.59 Å². The van der Waals surface area contributed by atoms with Crippen LogP contribution in [0.1, 0.15) is 67.6 Å². The molecule has 1 aliphatic heterocycles. The van der Waals surface area contributed by atoms with Crippen LogP contribution in [0.15, 0.2) is 79.1 Å². The van der Waals surface area contributed by atoms with E-state index in [4.69, 9.17) is 14.6 Å². The molecule has 3 N–H and O–H groups in total. The summed E-state index contributed by atoms with van der Waals surface area (Å²) in [6.07, 6.45) is 3.76. The Morgan fingerprint density at radius 2 is 1.73 bits per heavy atom. The Morgan fingerprint density at radius 1 is 0.927 bits per heavy atom. The maximum absolute atomic E-state index is 12.5. The fourth-order valence-corrected chi connectivity index (χ4v) is 5.13. The van der Waals surface area contributed by atoms with Gasteiger partial charge in [0.1, 0.15) is 0 Å². The minimum atomic E-state index is -0.816. The first-order valence-electron chi connectivity index (χ1n) is 14.0. The third kappa shape index (κ3) is 7.58. The number of ether oxygens (including phenoxy) is 2. The second-order valence-electron chi connectivity index (χ2n) is 10.4.